The Morgan fingerprint density at radius 2 is 1.89 bits per heavy atom. The number of aliphatic hydroxyl groups excluding tert-OH is 1. The molecule has 0 bridgehead atoms. The lowest BCUT2D eigenvalue weighted by Gasteiger charge is -2.27. The van der Waals surface area contributed by atoms with Gasteiger partial charge in [-0.3, -0.25) is 0 Å². The van der Waals surface area contributed by atoms with Gasteiger partial charge in [0.25, 0.3) is 0 Å². The first-order chi connectivity index (χ1) is 8.90. The smallest absolute Gasteiger partial charge is 0.159 e. The monoisotopic (exact) mass is 322 g/mol. The first-order valence-corrected chi connectivity index (χ1v) is 8.71. The van der Waals surface area contributed by atoms with Gasteiger partial charge in [0.1, 0.15) is 0 Å². The van der Waals surface area contributed by atoms with Crippen LogP contribution in [0.1, 0.15) is 31.2 Å². The lowest BCUT2D eigenvalue weighted by atomic mass is 9.97. The molecule has 1 aromatic carbocycles. The van der Waals surface area contributed by atoms with Crippen LogP contribution >= 0.6 is 23.2 Å². The Balaban J connectivity index is 2.20. The van der Waals surface area contributed by atoms with E-state index in [-0.39, 0.29) is 5.75 Å². The minimum atomic E-state index is -3.40. The van der Waals surface area contributed by atoms with Crippen LogP contribution in [-0.2, 0) is 15.6 Å². The molecule has 1 aromatic rings. The van der Waals surface area contributed by atoms with Gasteiger partial charge in [-0.05, 0) is 30.5 Å². The fourth-order valence-corrected chi connectivity index (χ4v) is 5.05. The van der Waals surface area contributed by atoms with Gasteiger partial charge in [0.2, 0.25) is 0 Å². The topological polar surface area (TPSA) is 54.4 Å². The number of hydrogen-bond donors (Lipinski definition) is 1. The maximum absolute atomic E-state index is 12.4. The summed E-state index contributed by atoms with van der Waals surface area (Å²) in [7, 11) is -3.40. The molecule has 1 aliphatic carbocycles. The molecule has 2 rings (SSSR count). The molecular formula is C13H16Cl2O3S. The van der Waals surface area contributed by atoms with Gasteiger partial charge in [0.05, 0.1) is 17.1 Å². The molecule has 1 fully saturated rings. The Bertz CT molecular complexity index is 557. The molecule has 0 spiro atoms. The zero-order valence-electron chi connectivity index (χ0n) is 10.4. The predicted octanol–water partition coefficient (Wildman–Crippen LogP) is 3.21. The third-order valence-corrected chi connectivity index (χ3v) is 6.27. The third kappa shape index (κ3) is 3.63. The van der Waals surface area contributed by atoms with E-state index in [0.29, 0.717) is 28.5 Å². The van der Waals surface area contributed by atoms with Crippen LogP contribution < -0.4 is 0 Å². The number of aliphatic hydroxyl groups is 1. The van der Waals surface area contributed by atoms with Gasteiger partial charge in [0.15, 0.2) is 9.84 Å². The lowest BCUT2D eigenvalue weighted by Crippen LogP contribution is -2.37. The summed E-state index contributed by atoms with van der Waals surface area (Å²) < 4.78 is 24.7. The molecule has 0 heterocycles. The van der Waals surface area contributed by atoms with Crippen molar-refractivity contribution in [1.82, 2.24) is 0 Å². The molecular weight excluding hydrogens is 307 g/mol. The molecule has 1 N–H and O–H groups in total. The molecule has 0 aromatic heterocycles. The highest BCUT2D eigenvalue weighted by Gasteiger charge is 2.34. The standard InChI is InChI=1S/C13H16Cl2O3S/c14-10-6-5-9(11(15)7-10)8-19(17,18)13-4-2-1-3-12(13)16/h5-7,12-13,16H,1-4,8H2/t12-,13+/m0/s1. The Labute approximate surface area is 123 Å². The normalized spacial score (nSPS) is 24.4. The van der Waals surface area contributed by atoms with Crippen molar-refractivity contribution in [1.29, 1.82) is 0 Å². The van der Waals surface area contributed by atoms with Crippen LogP contribution in [0.2, 0.25) is 10.0 Å². The summed E-state index contributed by atoms with van der Waals surface area (Å²) in [6, 6.07) is 4.78. The van der Waals surface area contributed by atoms with Gasteiger partial charge >= 0.3 is 0 Å². The van der Waals surface area contributed by atoms with Crippen molar-refractivity contribution < 1.29 is 13.5 Å². The lowest BCUT2D eigenvalue weighted by molar-refractivity contribution is 0.133. The molecule has 1 saturated carbocycles. The summed E-state index contributed by atoms with van der Waals surface area (Å²) >= 11 is 11.8. The van der Waals surface area contributed by atoms with Crippen LogP contribution in [0.3, 0.4) is 0 Å². The van der Waals surface area contributed by atoms with E-state index in [9.17, 15) is 13.5 Å². The summed E-state index contributed by atoms with van der Waals surface area (Å²) in [5, 5.41) is 10.0. The van der Waals surface area contributed by atoms with E-state index in [1.165, 1.54) is 6.07 Å². The fourth-order valence-electron chi connectivity index (χ4n) is 2.46. The minimum absolute atomic E-state index is 0.148. The molecule has 6 heteroatoms. The average molecular weight is 323 g/mol. The highest BCUT2D eigenvalue weighted by molar-refractivity contribution is 7.91. The summed E-state index contributed by atoms with van der Waals surface area (Å²) in [6.45, 7) is 0. The summed E-state index contributed by atoms with van der Waals surface area (Å²) in [5.74, 6) is -0.148. The predicted molar refractivity (Wildman–Crippen MR) is 77.3 cm³/mol. The van der Waals surface area contributed by atoms with Crippen LogP contribution in [0, 0.1) is 0 Å². The summed E-state index contributed by atoms with van der Waals surface area (Å²) in [4.78, 5) is 0. The van der Waals surface area contributed by atoms with Gasteiger partial charge in [-0.15, -0.1) is 0 Å². The van der Waals surface area contributed by atoms with Crippen molar-refractivity contribution in [3.05, 3.63) is 33.8 Å². The molecule has 0 saturated heterocycles. The first-order valence-electron chi connectivity index (χ1n) is 6.24. The second kappa shape index (κ2) is 6.00. The SMILES string of the molecule is O=S(=O)(Cc1ccc(Cl)cc1Cl)[C@@H]1CCCC[C@@H]1O. The highest BCUT2D eigenvalue weighted by atomic mass is 35.5. The van der Waals surface area contributed by atoms with E-state index in [2.05, 4.69) is 0 Å². The van der Waals surface area contributed by atoms with Gasteiger partial charge in [0, 0.05) is 10.0 Å². The Morgan fingerprint density at radius 1 is 1.21 bits per heavy atom. The summed E-state index contributed by atoms with van der Waals surface area (Å²) in [5.41, 5.74) is 0.531. The largest absolute Gasteiger partial charge is 0.392 e. The van der Waals surface area contributed by atoms with Crippen molar-refractivity contribution in [2.75, 3.05) is 0 Å². The highest BCUT2D eigenvalue weighted by Crippen LogP contribution is 2.29. The van der Waals surface area contributed by atoms with E-state index in [4.69, 9.17) is 23.2 Å². The molecule has 0 radical (unpaired) electrons. The molecule has 2 atom stereocenters. The average Bonchev–Trinajstić information content (AvgIpc) is 2.33. The maximum Gasteiger partial charge on any atom is 0.159 e. The Morgan fingerprint density at radius 3 is 2.53 bits per heavy atom. The van der Waals surface area contributed by atoms with Crippen molar-refractivity contribution in [3.8, 4) is 0 Å². The van der Waals surface area contributed by atoms with Crippen LogP contribution in [-0.4, -0.2) is 24.9 Å². The van der Waals surface area contributed by atoms with Gasteiger partial charge in [-0.1, -0.05) is 42.1 Å². The molecule has 19 heavy (non-hydrogen) atoms. The Hall–Kier alpha value is -0.290. The van der Waals surface area contributed by atoms with Crippen molar-refractivity contribution in [2.24, 2.45) is 0 Å². The fraction of sp³-hybridized carbons (Fsp3) is 0.538. The number of rotatable bonds is 3. The molecule has 1 aliphatic rings. The van der Waals surface area contributed by atoms with Crippen LogP contribution in [0.5, 0.6) is 0 Å². The van der Waals surface area contributed by atoms with Crippen molar-refractivity contribution in [2.45, 2.75) is 42.8 Å². The second-order valence-corrected chi connectivity index (χ2v) is 8.00. The van der Waals surface area contributed by atoms with E-state index in [1.54, 1.807) is 12.1 Å². The van der Waals surface area contributed by atoms with Crippen molar-refractivity contribution in [3.63, 3.8) is 0 Å². The number of halogens is 2. The maximum atomic E-state index is 12.4. The number of hydrogen-bond acceptors (Lipinski definition) is 3. The van der Waals surface area contributed by atoms with Crippen molar-refractivity contribution >= 4 is 33.0 Å². The van der Waals surface area contributed by atoms with E-state index in [0.717, 1.165) is 12.8 Å². The number of sulfone groups is 1. The molecule has 0 amide bonds. The third-order valence-electron chi connectivity index (χ3n) is 3.50. The first kappa shape index (κ1) is 15.1. The van der Waals surface area contributed by atoms with Crippen LogP contribution in [0.25, 0.3) is 0 Å². The number of benzene rings is 1. The van der Waals surface area contributed by atoms with Crippen LogP contribution in [0.4, 0.5) is 0 Å². The van der Waals surface area contributed by atoms with E-state index < -0.39 is 21.2 Å². The second-order valence-electron chi connectivity index (χ2n) is 4.93. The molecule has 3 nitrogen and oxygen atoms in total. The Kier molecular flexibility index (Phi) is 4.77. The summed E-state index contributed by atoms with van der Waals surface area (Å²) in [6.07, 6.45) is 2.04. The van der Waals surface area contributed by atoms with E-state index >= 15 is 0 Å². The van der Waals surface area contributed by atoms with Gasteiger partial charge in [-0.25, -0.2) is 8.42 Å². The minimum Gasteiger partial charge on any atom is -0.392 e. The molecule has 0 aliphatic heterocycles. The molecule has 0 unspecified atom stereocenters. The van der Waals surface area contributed by atoms with E-state index in [1.807, 2.05) is 0 Å². The van der Waals surface area contributed by atoms with Crippen LogP contribution in [0.15, 0.2) is 18.2 Å². The quantitative estimate of drug-likeness (QED) is 0.929. The van der Waals surface area contributed by atoms with Gasteiger partial charge < -0.3 is 5.11 Å². The van der Waals surface area contributed by atoms with Gasteiger partial charge in [-0.2, -0.15) is 0 Å². The zero-order chi connectivity index (χ0) is 14.0. The molecule has 106 valence electrons. The zero-order valence-corrected chi connectivity index (χ0v) is 12.7.